The van der Waals surface area contributed by atoms with E-state index in [4.69, 9.17) is 0 Å². The van der Waals surface area contributed by atoms with E-state index in [2.05, 4.69) is 22.5 Å². The Balaban J connectivity index is 1.94. The Hall–Kier alpha value is -0.120. The highest BCUT2D eigenvalue weighted by Gasteiger charge is 2.51. The van der Waals surface area contributed by atoms with E-state index in [9.17, 15) is 0 Å². The molecule has 0 bridgehead atoms. The molecule has 0 spiro atoms. The third-order valence-electron chi connectivity index (χ3n) is 3.69. The standard InChI is InChI=1S/C9H17N3/c1-9-5-10-7-3-2-4-8(11-6-9)12(7)9/h7-8,10-11H,2-6H2,1H3. The third-order valence-corrected chi connectivity index (χ3v) is 3.69. The Morgan fingerprint density at radius 2 is 1.75 bits per heavy atom. The summed E-state index contributed by atoms with van der Waals surface area (Å²) in [5.41, 5.74) is 0.412. The summed E-state index contributed by atoms with van der Waals surface area (Å²) in [5.74, 6) is 0. The first-order valence-electron chi connectivity index (χ1n) is 5.05. The number of hydrogen-bond donors (Lipinski definition) is 2. The van der Waals surface area contributed by atoms with Gasteiger partial charge in [-0.2, -0.15) is 0 Å². The largest absolute Gasteiger partial charge is 0.300 e. The molecule has 2 unspecified atom stereocenters. The first-order chi connectivity index (χ1) is 5.80. The monoisotopic (exact) mass is 167 g/mol. The van der Waals surface area contributed by atoms with Crippen molar-refractivity contribution in [3.8, 4) is 0 Å². The van der Waals surface area contributed by atoms with Crippen molar-refractivity contribution in [2.45, 2.75) is 44.1 Å². The lowest BCUT2D eigenvalue weighted by molar-refractivity contribution is 0.0763. The topological polar surface area (TPSA) is 27.3 Å². The molecule has 2 N–H and O–H groups in total. The van der Waals surface area contributed by atoms with Crippen molar-refractivity contribution in [1.82, 2.24) is 15.5 Å². The first-order valence-corrected chi connectivity index (χ1v) is 5.05. The van der Waals surface area contributed by atoms with E-state index >= 15 is 0 Å². The SMILES string of the molecule is CC12CNC3CCCC(NC1)N32. The normalized spacial score (nSPS) is 52.8. The van der Waals surface area contributed by atoms with Gasteiger partial charge in [0.05, 0.1) is 12.3 Å². The van der Waals surface area contributed by atoms with Gasteiger partial charge >= 0.3 is 0 Å². The second kappa shape index (κ2) is 2.22. The van der Waals surface area contributed by atoms with E-state index in [1.807, 2.05) is 0 Å². The highest BCUT2D eigenvalue weighted by Crippen LogP contribution is 2.36. The molecule has 3 rings (SSSR count). The lowest BCUT2D eigenvalue weighted by atomic mass is 10.0. The molecule has 0 aliphatic carbocycles. The fraction of sp³-hybridized carbons (Fsp3) is 1.00. The number of rotatable bonds is 0. The van der Waals surface area contributed by atoms with Crippen LogP contribution in [-0.2, 0) is 0 Å². The van der Waals surface area contributed by atoms with E-state index in [0.29, 0.717) is 17.9 Å². The van der Waals surface area contributed by atoms with Crippen LogP contribution in [0.3, 0.4) is 0 Å². The summed E-state index contributed by atoms with van der Waals surface area (Å²) in [7, 11) is 0. The molecule has 3 fully saturated rings. The quantitative estimate of drug-likeness (QED) is 0.535. The van der Waals surface area contributed by atoms with Gasteiger partial charge in [0.25, 0.3) is 0 Å². The minimum absolute atomic E-state index is 0.412. The number of piperidine rings is 1. The minimum atomic E-state index is 0.412. The Labute approximate surface area is 73.5 Å². The van der Waals surface area contributed by atoms with E-state index in [0.717, 1.165) is 0 Å². The van der Waals surface area contributed by atoms with E-state index in [-0.39, 0.29) is 0 Å². The summed E-state index contributed by atoms with van der Waals surface area (Å²) >= 11 is 0. The molecule has 2 atom stereocenters. The zero-order chi connectivity index (χ0) is 8.18. The van der Waals surface area contributed by atoms with Crippen LogP contribution in [0.4, 0.5) is 0 Å². The van der Waals surface area contributed by atoms with Crippen LogP contribution >= 0.6 is 0 Å². The molecular weight excluding hydrogens is 150 g/mol. The van der Waals surface area contributed by atoms with Crippen LogP contribution in [0.5, 0.6) is 0 Å². The van der Waals surface area contributed by atoms with Crippen LogP contribution in [0.25, 0.3) is 0 Å². The Kier molecular flexibility index (Phi) is 1.35. The van der Waals surface area contributed by atoms with Gasteiger partial charge in [0.15, 0.2) is 0 Å². The molecule has 3 heterocycles. The van der Waals surface area contributed by atoms with Gasteiger partial charge in [0, 0.05) is 18.6 Å². The summed E-state index contributed by atoms with van der Waals surface area (Å²) in [4.78, 5) is 2.66. The maximum absolute atomic E-state index is 3.62. The van der Waals surface area contributed by atoms with Crippen LogP contribution in [0.1, 0.15) is 26.2 Å². The number of nitrogens with zero attached hydrogens (tertiary/aromatic N) is 1. The van der Waals surface area contributed by atoms with Crippen LogP contribution < -0.4 is 10.6 Å². The molecule has 68 valence electrons. The van der Waals surface area contributed by atoms with Crippen molar-refractivity contribution in [2.75, 3.05) is 13.1 Å². The fourth-order valence-electron chi connectivity index (χ4n) is 3.07. The number of hydrogen-bond acceptors (Lipinski definition) is 3. The average molecular weight is 167 g/mol. The van der Waals surface area contributed by atoms with Crippen molar-refractivity contribution in [1.29, 1.82) is 0 Å². The van der Waals surface area contributed by atoms with Crippen molar-refractivity contribution in [3.63, 3.8) is 0 Å². The lowest BCUT2D eigenvalue weighted by Crippen LogP contribution is -2.50. The molecule has 3 aliphatic heterocycles. The third kappa shape index (κ3) is 0.767. The van der Waals surface area contributed by atoms with Gasteiger partial charge in [-0.05, 0) is 26.2 Å². The summed E-state index contributed by atoms with van der Waals surface area (Å²) in [6, 6.07) is 0. The summed E-state index contributed by atoms with van der Waals surface area (Å²) in [5, 5.41) is 7.23. The zero-order valence-electron chi connectivity index (χ0n) is 7.64. The van der Waals surface area contributed by atoms with Crippen LogP contribution in [-0.4, -0.2) is 35.9 Å². The highest BCUT2D eigenvalue weighted by molar-refractivity contribution is 5.08. The molecule has 0 aromatic carbocycles. The molecule has 0 saturated carbocycles. The van der Waals surface area contributed by atoms with Crippen LogP contribution in [0.15, 0.2) is 0 Å². The molecule has 0 amide bonds. The van der Waals surface area contributed by atoms with Crippen LogP contribution in [0.2, 0.25) is 0 Å². The Morgan fingerprint density at radius 3 is 2.33 bits per heavy atom. The predicted octanol–water partition coefficient (Wildman–Crippen LogP) is 0.0896. The summed E-state index contributed by atoms with van der Waals surface area (Å²) in [6.07, 6.45) is 5.40. The van der Waals surface area contributed by atoms with Gasteiger partial charge in [-0.15, -0.1) is 0 Å². The second-order valence-electron chi connectivity index (χ2n) is 4.63. The summed E-state index contributed by atoms with van der Waals surface area (Å²) < 4.78 is 0. The highest BCUT2D eigenvalue weighted by atomic mass is 15.5. The van der Waals surface area contributed by atoms with E-state index < -0.39 is 0 Å². The molecule has 3 saturated heterocycles. The molecule has 0 radical (unpaired) electrons. The van der Waals surface area contributed by atoms with Gasteiger partial charge in [-0.25, -0.2) is 0 Å². The molecule has 3 aliphatic rings. The van der Waals surface area contributed by atoms with Gasteiger partial charge in [0.1, 0.15) is 0 Å². The Bertz CT molecular complexity index is 188. The fourth-order valence-corrected chi connectivity index (χ4v) is 3.07. The second-order valence-corrected chi connectivity index (χ2v) is 4.63. The minimum Gasteiger partial charge on any atom is -0.300 e. The molecule has 0 aromatic rings. The molecule has 3 heteroatoms. The van der Waals surface area contributed by atoms with Crippen molar-refractivity contribution in [3.05, 3.63) is 0 Å². The van der Waals surface area contributed by atoms with Gasteiger partial charge in [0.2, 0.25) is 0 Å². The van der Waals surface area contributed by atoms with E-state index in [1.54, 1.807) is 0 Å². The Morgan fingerprint density at radius 1 is 1.17 bits per heavy atom. The van der Waals surface area contributed by atoms with Crippen molar-refractivity contribution >= 4 is 0 Å². The molecular formula is C9H17N3. The van der Waals surface area contributed by atoms with Crippen molar-refractivity contribution < 1.29 is 0 Å². The molecule has 3 nitrogen and oxygen atoms in total. The lowest BCUT2D eigenvalue weighted by Gasteiger charge is -2.37. The maximum Gasteiger partial charge on any atom is 0.0617 e. The van der Waals surface area contributed by atoms with Crippen LogP contribution in [0, 0.1) is 0 Å². The predicted molar refractivity (Wildman–Crippen MR) is 47.7 cm³/mol. The zero-order valence-corrected chi connectivity index (χ0v) is 7.64. The van der Waals surface area contributed by atoms with Gasteiger partial charge in [-0.1, -0.05) is 0 Å². The average Bonchev–Trinajstić information content (AvgIpc) is 2.58. The van der Waals surface area contributed by atoms with E-state index in [1.165, 1.54) is 32.4 Å². The van der Waals surface area contributed by atoms with Crippen molar-refractivity contribution in [2.24, 2.45) is 0 Å². The van der Waals surface area contributed by atoms with Gasteiger partial charge in [-0.3, -0.25) is 15.5 Å². The molecule has 12 heavy (non-hydrogen) atoms. The first kappa shape index (κ1) is 7.30. The smallest absolute Gasteiger partial charge is 0.0617 e. The summed E-state index contributed by atoms with van der Waals surface area (Å²) in [6.45, 7) is 4.71. The number of nitrogens with one attached hydrogen (secondary N) is 2. The molecule has 0 aromatic heterocycles. The van der Waals surface area contributed by atoms with Gasteiger partial charge < -0.3 is 0 Å². The maximum atomic E-state index is 3.62.